The lowest BCUT2D eigenvalue weighted by Gasteiger charge is -2.07. The maximum Gasteiger partial charge on any atom is 0.270 e. The van der Waals surface area contributed by atoms with Crippen LogP contribution < -0.4 is 28.0 Å². The van der Waals surface area contributed by atoms with Gasteiger partial charge in [-0.2, -0.15) is 4.79 Å². The maximum absolute atomic E-state index is 13.7. The highest BCUT2D eigenvalue weighted by atomic mass is 19.2. The van der Waals surface area contributed by atoms with Crippen LogP contribution in [0.2, 0.25) is 0 Å². The lowest BCUT2D eigenvalue weighted by molar-refractivity contribution is 0.0951. The van der Waals surface area contributed by atoms with Crippen LogP contribution in [-0.4, -0.2) is 10.7 Å². The Bertz CT molecular complexity index is 682. The molecule has 1 aromatic heterocycles. The molecule has 0 spiro atoms. The molecule has 0 radical (unpaired) electrons. The molecule has 0 fully saturated rings. The fourth-order valence-corrected chi connectivity index (χ4v) is 1.62. The van der Waals surface area contributed by atoms with Crippen LogP contribution in [0.4, 0.5) is 10.2 Å². The first-order valence-corrected chi connectivity index (χ1v) is 4.91. The second-order valence-corrected chi connectivity index (χ2v) is 3.53. The Hall–Kier alpha value is -2.45. The number of nitrogen functional groups attached to an aromatic ring is 2. The Morgan fingerprint density at radius 3 is 2.67 bits per heavy atom. The summed E-state index contributed by atoms with van der Waals surface area (Å²) in [5.41, 5.74) is 3.58. The maximum atomic E-state index is 13.7. The Kier molecular flexibility index (Phi) is 2.96. The number of amides is 1. The number of halogens is 1. The summed E-state index contributed by atoms with van der Waals surface area (Å²) < 4.78 is 13.7. The minimum absolute atomic E-state index is 0.00372. The predicted molar refractivity (Wildman–Crippen MR) is 64.2 cm³/mol. The van der Waals surface area contributed by atoms with Gasteiger partial charge in [-0.15, -0.1) is 0 Å². The molecular formula is C10H10FN5O2. The molecule has 7 nitrogen and oxygen atoms in total. The smallest absolute Gasteiger partial charge is 0.270 e. The van der Waals surface area contributed by atoms with E-state index in [9.17, 15) is 14.1 Å². The van der Waals surface area contributed by atoms with E-state index in [-0.39, 0.29) is 21.3 Å². The second kappa shape index (κ2) is 4.43. The van der Waals surface area contributed by atoms with Crippen LogP contribution in [0, 0.1) is 0 Å². The predicted octanol–water partition coefficient (Wildman–Crippen LogP) is -0.377. The fourth-order valence-electron chi connectivity index (χ4n) is 1.62. The normalized spacial score (nSPS) is 10.4. The van der Waals surface area contributed by atoms with Crippen molar-refractivity contribution in [2.75, 3.05) is 5.43 Å². The zero-order valence-corrected chi connectivity index (χ0v) is 9.11. The molecule has 0 bridgehead atoms. The van der Waals surface area contributed by atoms with E-state index in [4.69, 9.17) is 11.7 Å². The van der Waals surface area contributed by atoms with Crippen LogP contribution in [0.5, 0.6) is 0 Å². The number of benzene rings is 1. The number of nitrogens with one attached hydrogen (secondary N) is 2. The molecule has 94 valence electrons. The van der Waals surface area contributed by atoms with Crippen molar-refractivity contribution in [3.8, 4) is 0 Å². The third-order valence-electron chi connectivity index (χ3n) is 2.50. The van der Waals surface area contributed by atoms with Crippen molar-refractivity contribution in [3.63, 3.8) is 0 Å². The highest BCUT2D eigenvalue weighted by Crippen LogP contribution is 2.17. The van der Waals surface area contributed by atoms with Crippen LogP contribution in [0.3, 0.4) is 0 Å². The molecule has 0 saturated carbocycles. The summed E-state index contributed by atoms with van der Waals surface area (Å²) in [4.78, 5) is 23.4. The van der Waals surface area contributed by atoms with Gasteiger partial charge in [0.25, 0.3) is 5.91 Å². The van der Waals surface area contributed by atoms with Crippen LogP contribution in [-0.2, 0) is 0 Å². The molecule has 0 atom stereocenters. The van der Waals surface area contributed by atoms with Gasteiger partial charge >= 0.3 is 0 Å². The van der Waals surface area contributed by atoms with Crippen LogP contribution in [0.25, 0.3) is 10.9 Å². The molecule has 6 N–H and O–H groups in total. The fraction of sp³-hybridized carbons (Fsp3) is 0. The monoisotopic (exact) mass is 251 g/mol. The van der Waals surface area contributed by atoms with E-state index in [0.29, 0.717) is 5.69 Å². The molecule has 0 saturated heterocycles. The molecule has 0 aliphatic rings. The van der Waals surface area contributed by atoms with Gasteiger partial charge in [-0.1, -0.05) is 4.48 Å². The summed E-state index contributed by atoms with van der Waals surface area (Å²) in [7, 11) is 0. The average molecular weight is 251 g/mol. The van der Waals surface area contributed by atoms with Gasteiger partial charge < -0.3 is 5.43 Å². The van der Waals surface area contributed by atoms with Crippen molar-refractivity contribution in [1.29, 1.82) is 0 Å². The van der Waals surface area contributed by atoms with Gasteiger partial charge in [0.15, 0.2) is 0 Å². The van der Waals surface area contributed by atoms with Crippen molar-refractivity contribution in [2.24, 2.45) is 11.7 Å². The van der Waals surface area contributed by atoms with Crippen molar-refractivity contribution >= 4 is 22.5 Å². The number of nitrogens with zero attached hydrogens (tertiary/aromatic N) is 1. The van der Waals surface area contributed by atoms with Gasteiger partial charge in [0.05, 0.1) is 17.4 Å². The number of hydrazine groups is 2. The lowest BCUT2D eigenvalue weighted by atomic mass is 10.1. The standard InChI is InChI=1S/C10H10FN5O2/c11-16-4-7(10(18)15-13)9(17)6-2-1-5(14-12)3-8(6)16/h1-4,14H,12-13H2,(H,15,18). The molecule has 0 aliphatic heterocycles. The molecule has 18 heavy (non-hydrogen) atoms. The first-order chi connectivity index (χ1) is 8.58. The largest absolute Gasteiger partial charge is 0.324 e. The molecule has 1 aromatic carbocycles. The van der Waals surface area contributed by atoms with E-state index in [2.05, 4.69) is 5.43 Å². The summed E-state index contributed by atoms with van der Waals surface area (Å²) in [5, 5.41) is 0.0533. The topological polar surface area (TPSA) is 115 Å². The summed E-state index contributed by atoms with van der Waals surface area (Å²) in [6.45, 7) is 0. The third-order valence-corrected chi connectivity index (χ3v) is 2.50. The van der Waals surface area contributed by atoms with E-state index >= 15 is 0 Å². The molecular weight excluding hydrogens is 241 g/mol. The van der Waals surface area contributed by atoms with Crippen molar-refractivity contribution in [1.82, 2.24) is 10.2 Å². The highest BCUT2D eigenvalue weighted by molar-refractivity contribution is 5.97. The Balaban J connectivity index is 2.80. The van der Waals surface area contributed by atoms with E-state index in [1.54, 1.807) is 5.43 Å². The number of hydrogen-bond donors (Lipinski definition) is 4. The number of anilines is 1. The summed E-state index contributed by atoms with van der Waals surface area (Å²) in [5.74, 6) is 9.25. The van der Waals surface area contributed by atoms with Gasteiger partial charge in [-0.25, -0.2) is 5.84 Å². The highest BCUT2D eigenvalue weighted by Gasteiger charge is 2.14. The zero-order chi connectivity index (χ0) is 13.3. The van der Waals surface area contributed by atoms with Crippen LogP contribution in [0.15, 0.2) is 29.2 Å². The lowest BCUT2D eigenvalue weighted by Crippen LogP contribution is -2.34. The number of carbonyl (C=O) groups is 1. The molecule has 2 rings (SSSR count). The number of pyridine rings is 1. The first-order valence-electron chi connectivity index (χ1n) is 4.91. The molecule has 1 heterocycles. The minimum Gasteiger partial charge on any atom is -0.324 e. The Morgan fingerprint density at radius 2 is 2.06 bits per heavy atom. The zero-order valence-electron chi connectivity index (χ0n) is 9.11. The molecule has 1 amide bonds. The molecule has 0 unspecified atom stereocenters. The summed E-state index contributed by atoms with van der Waals surface area (Å²) in [6, 6.07) is 4.21. The SMILES string of the molecule is NNC(=O)c1cn(F)c2cc(NN)ccc2c1=O. The average Bonchev–Trinajstić information content (AvgIpc) is 2.41. The Morgan fingerprint density at radius 1 is 1.33 bits per heavy atom. The molecule has 2 aromatic rings. The number of nitrogens with two attached hydrogens (primary N) is 2. The van der Waals surface area contributed by atoms with E-state index < -0.39 is 11.3 Å². The van der Waals surface area contributed by atoms with Crippen LogP contribution in [0.1, 0.15) is 10.4 Å². The van der Waals surface area contributed by atoms with E-state index in [0.717, 1.165) is 6.20 Å². The van der Waals surface area contributed by atoms with Crippen molar-refractivity contribution in [3.05, 3.63) is 40.2 Å². The number of fused-ring (bicyclic) bond motifs is 1. The summed E-state index contributed by atoms with van der Waals surface area (Å²) in [6.07, 6.45) is 0.771. The number of carbonyl (C=O) groups excluding carboxylic acids is 1. The van der Waals surface area contributed by atoms with Gasteiger partial charge in [-0.3, -0.25) is 20.9 Å². The van der Waals surface area contributed by atoms with E-state index in [1.807, 2.05) is 0 Å². The number of rotatable bonds is 2. The van der Waals surface area contributed by atoms with Crippen molar-refractivity contribution in [2.45, 2.75) is 0 Å². The molecule has 8 heteroatoms. The van der Waals surface area contributed by atoms with Crippen molar-refractivity contribution < 1.29 is 9.28 Å². The third kappa shape index (κ3) is 1.79. The Labute approximate surface area is 100 Å². The van der Waals surface area contributed by atoms with Gasteiger partial charge in [-0.05, 0) is 18.2 Å². The van der Waals surface area contributed by atoms with Gasteiger partial charge in [0, 0.05) is 5.39 Å². The second-order valence-electron chi connectivity index (χ2n) is 3.53. The number of hydrogen-bond acceptors (Lipinski definition) is 5. The minimum atomic E-state index is -0.852. The number of aromatic nitrogens is 1. The quantitative estimate of drug-likeness (QED) is 0.330. The van der Waals surface area contributed by atoms with Gasteiger partial charge in [0.2, 0.25) is 5.43 Å². The van der Waals surface area contributed by atoms with E-state index in [1.165, 1.54) is 18.2 Å². The molecule has 0 aliphatic carbocycles. The summed E-state index contributed by atoms with van der Waals surface area (Å²) >= 11 is 0. The van der Waals surface area contributed by atoms with Gasteiger partial charge in [0.1, 0.15) is 5.56 Å². The first kappa shape index (κ1) is 12.0. The van der Waals surface area contributed by atoms with Crippen LogP contribution >= 0.6 is 0 Å².